The van der Waals surface area contributed by atoms with Gasteiger partial charge in [-0.15, -0.1) is 0 Å². The van der Waals surface area contributed by atoms with Crippen LogP contribution in [0.5, 0.6) is 5.75 Å². The van der Waals surface area contributed by atoms with Crippen molar-refractivity contribution in [2.45, 2.75) is 39.3 Å². The van der Waals surface area contributed by atoms with Crippen LogP contribution in [0.2, 0.25) is 5.02 Å². The number of esters is 1. The Morgan fingerprint density at radius 2 is 1.83 bits per heavy atom. The number of nitrogens with one attached hydrogen (secondary N) is 2. The first kappa shape index (κ1) is 21.7. The summed E-state index contributed by atoms with van der Waals surface area (Å²) >= 11 is 6.17. The summed E-state index contributed by atoms with van der Waals surface area (Å²) in [5.41, 5.74) is 2.70. The van der Waals surface area contributed by atoms with Crippen LogP contribution in [-0.2, 0) is 16.1 Å². The number of carbonyl (C=O) groups is 2. The normalized spacial score (nSPS) is 16.0. The van der Waals surface area contributed by atoms with Crippen LogP contribution in [0.15, 0.2) is 59.8 Å². The molecule has 2 amide bonds. The van der Waals surface area contributed by atoms with Crippen LogP contribution < -0.4 is 15.4 Å². The summed E-state index contributed by atoms with van der Waals surface area (Å²) < 4.78 is 11.1. The van der Waals surface area contributed by atoms with Crippen LogP contribution in [0.3, 0.4) is 0 Å². The number of halogens is 1. The molecule has 7 heteroatoms. The molecule has 0 saturated carbocycles. The fraction of sp³-hybridized carbons (Fsp3) is 0.304. The van der Waals surface area contributed by atoms with E-state index in [1.54, 1.807) is 6.92 Å². The molecule has 0 fully saturated rings. The van der Waals surface area contributed by atoms with Crippen molar-refractivity contribution >= 4 is 23.6 Å². The van der Waals surface area contributed by atoms with Gasteiger partial charge in [0.2, 0.25) is 0 Å². The summed E-state index contributed by atoms with van der Waals surface area (Å²) in [5, 5.41) is 6.23. The Morgan fingerprint density at radius 3 is 2.50 bits per heavy atom. The van der Waals surface area contributed by atoms with Crippen molar-refractivity contribution in [1.82, 2.24) is 10.6 Å². The van der Waals surface area contributed by atoms with E-state index in [-0.39, 0.29) is 12.6 Å². The lowest BCUT2D eigenvalue weighted by atomic mass is 9.94. The van der Waals surface area contributed by atoms with Crippen LogP contribution in [0.4, 0.5) is 4.79 Å². The first-order valence-corrected chi connectivity index (χ1v) is 10.3. The highest BCUT2D eigenvalue weighted by atomic mass is 35.5. The molecule has 6 nitrogen and oxygen atoms in total. The highest BCUT2D eigenvalue weighted by Gasteiger charge is 2.33. The van der Waals surface area contributed by atoms with Crippen molar-refractivity contribution < 1.29 is 19.1 Å². The predicted molar refractivity (Wildman–Crippen MR) is 115 cm³/mol. The van der Waals surface area contributed by atoms with E-state index in [0.29, 0.717) is 35.1 Å². The van der Waals surface area contributed by atoms with Gasteiger partial charge in [0.05, 0.1) is 18.2 Å². The van der Waals surface area contributed by atoms with Gasteiger partial charge < -0.3 is 20.1 Å². The zero-order valence-electron chi connectivity index (χ0n) is 17.0. The SMILES string of the molecule is CCCC1=C(C(=O)OCC)C(c2ccc(OCc3ccccc3Cl)cc2)NC(=O)N1. The zero-order chi connectivity index (χ0) is 21.5. The van der Waals surface area contributed by atoms with Crippen LogP contribution in [-0.4, -0.2) is 18.6 Å². The summed E-state index contributed by atoms with van der Waals surface area (Å²) in [6.07, 6.45) is 1.37. The van der Waals surface area contributed by atoms with Gasteiger partial charge >= 0.3 is 12.0 Å². The van der Waals surface area contributed by atoms with Gasteiger partial charge in [0.25, 0.3) is 0 Å². The molecule has 158 valence electrons. The molecular weight excluding hydrogens is 404 g/mol. The highest BCUT2D eigenvalue weighted by Crippen LogP contribution is 2.30. The zero-order valence-corrected chi connectivity index (χ0v) is 17.8. The lowest BCUT2D eigenvalue weighted by Crippen LogP contribution is -2.46. The minimum Gasteiger partial charge on any atom is -0.489 e. The number of ether oxygens (including phenoxy) is 2. The molecule has 0 spiro atoms. The highest BCUT2D eigenvalue weighted by molar-refractivity contribution is 6.31. The topological polar surface area (TPSA) is 76.7 Å². The van der Waals surface area contributed by atoms with Crippen molar-refractivity contribution in [3.05, 3.63) is 76.0 Å². The smallest absolute Gasteiger partial charge is 0.338 e. The Balaban J connectivity index is 1.82. The number of hydrogen-bond acceptors (Lipinski definition) is 4. The van der Waals surface area contributed by atoms with Gasteiger partial charge in [-0.2, -0.15) is 0 Å². The molecule has 0 aliphatic carbocycles. The standard InChI is InChI=1S/C23H25ClN2O4/c1-3-7-19-20(22(27)29-4-2)21(26-23(28)25-19)15-10-12-17(13-11-15)30-14-16-8-5-6-9-18(16)24/h5-6,8-13,21H,3-4,7,14H2,1-2H3,(H2,25,26,28). The van der Waals surface area contributed by atoms with Gasteiger partial charge in [-0.3, -0.25) is 0 Å². The molecule has 0 radical (unpaired) electrons. The van der Waals surface area contributed by atoms with Crippen LogP contribution in [0, 0.1) is 0 Å². The average Bonchev–Trinajstić information content (AvgIpc) is 2.73. The molecule has 2 aromatic rings. The van der Waals surface area contributed by atoms with Gasteiger partial charge in [0, 0.05) is 16.3 Å². The molecule has 30 heavy (non-hydrogen) atoms. The van der Waals surface area contributed by atoms with Gasteiger partial charge in [-0.1, -0.05) is 55.3 Å². The molecule has 1 unspecified atom stereocenters. The first-order chi connectivity index (χ1) is 14.5. The number of carbonyl (C=O) groups excluding carboxylic acids is 2. The van der Waals surface area contributed by atoms with Gasteiger partial charge in [0.1, 0.15) is 12.4 Å². The molecule has 0 aromatic heterocycles. The van der Waals surface area contributed by atoms with Gasteiger partial charge in [0.15, 0.2) is 0 Å². The first-order valence-electron chi connectivity index (χ1n) is 9.97. The summed E-state index contributed by atoms with van der Waals surface area (Å²) in [6.45, 7) is 4.35. The number of benzene rings is 2. The third-order valence-electron chi connectivity index (χ3n) is 4.71. The van der Waals surface area contributed by atoms with Crippen molar-refractivity contribution in [1.29, 1.82) is 0 Å². The molecule has 1 aliphatic rings. The predicted octanol–water partition coefficient (Wildman–Crippen LogP) is 4.89. The molecule has 2 aromatic carbocycles. The number of amides is 2. The molecule has 1 atom stereocenters. The van der Waals surface area contributed by atoms with Crippen LogP contribution in [0.1, 0.15) is 43.9 Å². The van der Waals surface area contributed by atoms with E-state index >= 15 is 0 Å². The fourth-order valence-electron chi connectivity index (χ4n) is 3.30. The summed E-state index contributed by atoms with van der Waals surface area (Å²) in [6, 6.07) is 13.9. The lowest BCUT2D eigenvalue weighted by Gasteiger charge is -2.29. The van der Waals surface area contributed by atoms with Crippen molar-refractivity contribution in [3.8, 4) is 5.75 Å². The van der Waals surface area contributed by atoms with Crippen LogP contribution >= 0.6 is 11.6 Å². The molecule has 2 N–H and O–H groups in total. The Labute approximate surface area is 181 Å². The van der Waals surface area contributed by atoms with Crippen molar-refractivity contribution in [2.75, 3.05) is 6.61 Å². The molecule has 0 saturated heterocycles. The Kier molecular flexibility index (Phi) is 7.36. The van der Waals surface area contributed by atoms with E-state index in [2.05, 4.69) is 10.6 Å². The van der Waals surface area contributed by atoms with Gasteiger partial charge in [-0.25, -0.2) is 9.59 Å². The quantitative estimate of drug-likeness (QED) is 0.587. The van der Waals surface area contributed by atoms with Crippen LogP contribution in [0.25, 0.3) is 0 Å². The maximum atomic E-state index is 12.6. The molecule has 1 aliphatic heterocycles. The van der Waals surface area contributed by atoms with E-state index in [1.807, 2.05) is 55.5 Å². The molecule has 0 bridgehead atoms. The third kappa shape index (κ3) is 5.13. The summed E-state index contributed by atoms with van der Waals surface area (Å²) in [5.74, 6) is 0.229. The summed E-state index contributed by atoms with van der Waals surface area (Å²) in [4.78, 5) is 24.8. The number of rotatable bonds is 8. The second-order valence-corrected chi connectivity index (χ2v) is 7.25. The second-order valence-electron chi connectivity index (χ2n) is 6.84. The Hall–Kier alpha value is -2.99. The fourth-order valence-corrected chi connectivity index (χ4v) is 3.49. The van der Waals surface area contributed by atoms with Gasteiger partial charge in [-0.05, 0) is 37.1 Å². The Bertz CT molecular complexity index is 940. The molecule has 3 rings (SSSR count). The third-order valence-corrected chi connectivity index (χ3v) is 5.08. The average molecular weight is 429 g/mol. The van der Waals surface area contributed by atoms with Crippen molar-refractivity contribution in [2.24, 2.45) is 0 Å². The molecule has 1 heterocycles. The van der Waals surface area contributed by atoms with E-state index < -0.39 is 12.0 Å². The lowest BCUT2D eigenvalue weighted by molar-refractivity contribution is -0.139. The number of urea groups is 1. The minimum absolute atomic E-state index is 0.261. The molecular formula is C23H25ClN2O4. The van der Waals surface area contributed by atoms with E-state index in [1.165, 1.54) is 0 Å². The van der Waals surface area contributed by atoms with E-state index in [0.717, 1.165) is 17.5 Å². The number of hydrogen-bond donors (Lipinski definition) is 2. The largest absolute Gasteiger partial charge is 0.489 e. The maximum absolute atomic E-state index is 12.6. The summed E-state index contributed by atoms with van der Waals surface area (Å²) in [7, 11) is 0. The van der Waals surface area contributed by atoms with E-state index in [4.69, 9.17) is 21.1 Å². The number of allylic oxidation sites excluding steroid dienone is 1. The monoisotopic (exact) mass is 428 g/mol. The Morgan fingerprint density at radius 1 is 1.10 bits per heavy atom. The van der Waals surface area contributed by atoms with E-state index in [9.17, 15) is 9.59 Å². The second kappa shape index (κ2) is 10.2. The van der Waals surface area contributed by atoms with Crippen molar-refractivity contribution in [3.63, 3.8) is 0 Å². The minimum atomic E-state index is -0.586. The maximum Gasteiger partial charge on any atom is 0.338 e.